The molecular formula is C19H28N2O2S. The van der Waals surface area contributed by atoms with E-state index >= 15 is 0 Å². The van der Waals surface area contributed by atoms with Crippen molar-refractivity contribution < 1.29 is 8.42 Å². The molecule has 1 unspecified atom stereocenters. The van der Waals surface area contributed by atoms with Gasteiger partial charge in [-0.25, -0.2) is 13.1 Å². The minimum Gasteiger partial charge on any atom is -0.299 e. The highest BCUT2D eigenvalue weighted by Gasteiger charge is 2.53. The van der Waals surface area contributed by atoms with E-state index < -0.39 is 10.0 Å². The number of nitrogens with zero attached hydrogens (tertiary/aromatic N) is 1. The minimum absolute atomic E-state index is 0.342. The van der Waals surface area contributed by atoms with E-state index in [1.165, 1.54) is 18.4 Å². The van der Waals surface area contributed by atoms with Gasteiger partial charge in [0.2, 0.25) is 10.0 Å². The lowest BCUT2D eigenvalue weighted by molar-refractivity contribution is 0.189. The third-order valence-electron chi connectivity index (χ3n) is 6.07. The monoisotopic (exact) mass is 348 g/mol. The van der Waals surface area contributed by atoms with Crippen LogP contribution in [0.25, 0.3) is 0 Å². The fraction of sp³-hybridized carbons (Fsp3) is 0.684. The standard InChI is InChI=1S/C19H28N2O2S/c22-24(23,15-18-10-19(11-18)7-8-19)20-12-17-6-9-21(14-17)13-16-4-2-1-3-5-16/h1-5,17-18,20H,6-15H2. The summed E-state index contributed by atoms with van der Waals surface area (Å²) in [5, 5.41) is 0. The van der Waals surface area contributed by atoms with Crippen LogP contribution in [0, 0.1) is 17.3 Å². The number of benzene rings is 1. The van der Waals surface area contributed by atoms with Gasteiger partial charge in [-0.05, 0) is 61.5 Å². The first-order valence-electron chi connectivity index (χ1n) is 9.26. The second kappa shape index (κ2) is 6.43. The predicted octanol–water partition coefficient (Wildman–Crippen LogP) is 2.62. The van der Waals surface area contributed by atoms with Crippen molar-refractivity contribution in [3.8, 4) is 0 Å². The summed E-state index contributed by atoms with van der Waals surface area (Å²) in [5.74, 6) is 1.19. The fourth-order valence-electron chi connectivity index (χ4n) is 4.55. The number of hydrogen-bond acceptors (Lipinski definition) is 3. The van der Waals surface area contributed by atoms with Crippen molar-refractivity contribution in [2.45, 2.75) is 38.6 Å². The molecule has 5 heteroatoms. The van der Waals surface area contributed by atoms with Crippen LogP contribution in [0.3, 0.4) is 0 Å². The zero-order valence-corrected chi connectivity index (χ0v) is 15.1. The van der Waals surface area contributed by atoms with Gasteiger partial charge in [-0.1, -0.05) is 30.3 Å². The molecule has 3 aliphatic rings. The number of sulfonamides is 1. The maximum atomic E-state index is 12.3. The molecule has 1 aromatic carbocycles. The normalized spacial score (nSPS) is 26.6. The molecule has 0 aromatic heterocycles. The smallest absolute Gasteiger partial charge is 0.211 e. The van der Waals surface area contributed by atoms with Gasteiger partial charge in [-0.3, -0.25) is 4.90 Å². The van der Waals surface area contributed by atoms with E-state index in [1.807, 2.05) is 6.07 Å². The fourth-order valence-corrected chi connectivity index (χ4v) is 6.01. The summed E-state index contributed by atoms with van der Waals surface area (Å²) in [6.45, 7) is 3.62. The van der Waals surface area contributed by atoms with Gasteiger partial charge in [0.15, 0.2) is 0 Å². The molecule has 1 spiro atoms. The van der Waals surface area contributed by atoms with Crippen LogP contribution in [0.5, 0.6) is 0 Å². The summed E-state index contributed by atoms with van der Waals surface area (Å²) >= 11 is 0. The lowest BCUT2D eigenvalue weighted by atomic mass is 9.73. The maximum Gasteiger partial charge on any atom is 0.211 e. The minimum atomic E-state index is -3.10. The van der Waals surface area contributed by atoms with Crippen LogP contribution in [-0.2, 0) is 16.6 Å². The Labute approximate surface area is 145 Å². The van der Waals surface area contributed by atoms with Gasteiger partial charge in [0, 0.05) is 19.6 Å². The molecule has 24 heavy (non-hydrogen) atoms. The third-order valence-corrected chi connectivity index (χ3v) is 7.58. The lowest BCUT2D eigenvalue weighted by Crippen LogP contribution is -2.38. The van der Waals surface area contributed by atoms with E-state index in [0.717, 1.165) is 38.9 Å². The van der Waals surface area contributed by atoms with Gasteiger partial charge in [0.25, 0.3) is 0 Å². The zero-order chi connectivity index (χ0) is 16.6. The van der Waals surface area contributed by atoms with Crippen molar-refractivity contribution in [2.75, 3.05) is 25.4 Å². The largest absolute Gasteiger partial charge is 0.299 e. The van der Waals surface area contributed by atoms with Crippen molar-refractivity contribution in [1.82, 2.24) is 9.62 Å². The molecule has 1 atom stereocenters. The Morgan fingerprint density at radius 2 is 1.88 bits per heavy atom. The Hall–Kier alpha value is -0.910. The van der Waals surface area contributed by atoms with E-state index in [1.54, 1.807) is 0 Å². The van der Waals surface area contributed by atoms with Gasteiger partial charge < -0.3 is 0 Å². The second-order valence-electron chi connectivity index (χ2n) is 8.28. The molecule has 1 aliphatic heterocycles. The molecule has 1 aromatic rings. The highest BCUT2D eigenvalue weighted by molar-refractivity contribution is 7.89. The zero-order valence-electron chi connectivity index (χ0n) is 14.3. The lowest BCUT2D eigenvalue weighted by Gasteiger charge is -2.35. The highest BCUT2D eigenvalue weighted by atomic mass is 32.2. The van der Waals surface area contributed by atoms with Crippen molar-refractivity contribution in [3.05, 3.63) is 35.9 Å². The third kappa shape index (κ3) is 4.01. The van der Waals surface area contributed by atoms with Crippen molar-refractivity contribution in [3.63, 3.8) is 0 Å². The summed E-state index contributed by atoms with van der Waals surface area (Å²) in [4.78, 5) is 2.43. The number of hydrogen-bond donors (Lipinski definition) is 1. The highest BCUT2D eigenvalue weighted by Crippen LogP contribution is 2.63. The predicted molar refractivity (Wildman–Crippen MR) is 96.0 cm³/mol. The van der Waals surface area contributed by atoms with Crippen LogP contribution in [0.2, 0.25) is 0 Å². The number of likely N-dealkylation sites (tertiary alicyclic amines) is 1. The van der Waals surface area contributed by atoms with E-state index in [-0.39, 0.29) is 0 Å². The van der Waals surface area contributed by atoms with Gasteiger partial charge in [0.05, 0.1) is 5.75 Å². The Morgan fingerprint density at radius 1 is 1.12 bits per heavy atom. The average Bonchev–Trinajstić information content (AvgIpc) is 3.18. The van der Waals surface area contributed by atoms with Crippen LogP contribution in [0.1, 0.15) is 37.7 Å². The average molecular weight is 349 g/mol. The molecule has 4 nitrogen and oxygen atoms in total. The van der Waals surface area contributed by atoms with Crippen LogP contribution in [0.15, 0.2) is 30.3 Å². The first kappa shape index (κ1) is 16.6. The SMILES string of the molecule is O=S(=O)(CC1CC2(CC2)C1)NCC1CCN(Cc2ccccc2)C1. The van der Waals surface area contributed by atoms with Gasteiger partial charge in [-0.15, -0.1) is 0 Å². The maximum absolute atomic E-state index is 12.3. The van der Waals surface area contributed by atoms with E-state index in [2.05, 4.69) is 33.9 Å². The van der Waals surface area contributed by atoms with Gasteiger partial charge in [-0.2, -0.15) is 0 Å². The molecule has 2 aliphatic carbocycles. The van der Waals surface area contributed by atoms with Crippen LogP contribution in [0.4, 0.5) is 0 Å². The summed E-state index contributed by atoms with van der Waals surface area (Å²) in [5.41, 5.74) is 1.92. The topological polar surface area (TPSA) is 49.4 Å². The first-order valence-corrected chi connectivity index (χ1v) is 10.9. The van der Waals surface area contributed by atoms with E-state index in [9.17, 15) is 8.42 Å². The van der Waals surface area contributed by atoms with E-state index in [4.69, 9.17) is 0 Å². The quantitative estimate of drug-likeness (QED) is 0.824. The summed E-state index contributed by atoms with van der Waals surface area (Å²) < 4.78 is 27.4. The van der Waals surface area contributed by atoms with Crippen molar-refractivity contribution in [2.24, 2.45) is 17.3 Å². The Morgan fingerprint density at radius 3 is 2.58 bits per heavy atom. The van der Waals surface area contributed by atoms with Crippen LogP contribution in [-0.4, -0.2) is 38.7 Å². The summed E-state index contributed by atoms with van der Waals surface area (Å²) in [6.07, 6.45) is 6.03. The number of nitrogens with one attached hydrogen (secondary N) is 1. The van der Waals surface area contributed by atoms with E-state index in [0.29, 0.717) is 29.5 Å². The molecule has 0 bridgehead atoms. The molecule has 0 amide bonds. The molecular weight excluding hydrogens is 320 g/mol. The Balaban J connectivity index is 1.19. The van der Waals surface area contributed by atoms with Crippen molar-refractivity contribution in [1.29, 1.82) is 0 Å². The Kier molecular flexibility index (Phi) is 4.43. The first-order chi connectivity index (χ1) is 11.5. The molecule has 1 heterocycles. The van der Waals surface area contributed by atoms with Crippen LogP contribution < -0.4 is 4.72 Å². The Bertz CT molecular complexity index is 662. The molecule has 1 N–H and O–H groups in total. The number of rotatable bonds is 7. The van der Waals surface area contributed by atoms with Crippen LogP contribution >= 0.6 is 0 Å². The molecule has 4 rings (SSSR count). The molecule has 2 saturated carbocycles. The molecule has 3 fully saturated rings. The second-order valence-corrected chi connectivity index (χ2v) is 10.1. The molecule has 0 radical (unpaired) electrons. The molecule has 132 valence electrons. The van der Waals surface area contributed by atoms with Gasteiger partial charge >= 0.3 is 0 Å². The summed E-state index contributed by atoms with van der Waals surface area (Å²) in [7, 11) is -3.10. The van der Waals surface area contributed by atoms with Crippen molar-refractivity contribution >= 4 is 10.0 Å². The van der Waals surface area contributed by atoms with Gasteiger partial charge in [0.1, 0.15) is 0 Å². The molecule has 1 saturated heterocycles. The summed E-state index contributed by atoms with van der Waals surface area (Å²) in [6, 6.07) is 10.5.